The van der Waals surface area contributed by atoms with E-state index in [1.807, 2.05) is 9.80 Å². The Labute approximate surface area is 736 Å². The first-order valence-electron chi connectivity index (χ1n) is 37.8. The summed E-state index contributed by atoms with van der Waals surface area (Å²) in [7, 11) is 0. The molecule has 6 amide bonds. The Hall–Kier alpha value is -14.3. The highest BCUT2D eigenvalue weighted by Gasteiger charge is 2.32. The van der Waals surface area contributed by atoms with Crippen molar-refractivity contribution in [3.63, 3.8) is 0 Å². The van der Waals surface area contributed by atoms with Gasteiger partial charge >= 0.3 is 71.6 Å². The van der Waals surface area contributed by atoms with E-state index in [4.69, 9.17) is 56.8 Å². The van der Waals surface area contributed by atoms with Gasteiger partial charge in [-0.1, -0.05) is 118 Å². The fraction of sp³-hybridized carbons (Fsp3) is 0.386. The third kappa shape index (κ3) is 72.5. The number of carbonyl (C=O) groups excluding carboxylic acids is 18. The molecule has 0 spiro atoms. The van der Waals surface area contributed by atoms with E-state index in [0.29, 0.717) is 76.3 Å². The minimum atomic E-state index is -1.08. The fourth-order valence-corrected chi connectivity index (χ4v) is 7.36. The van der Waals surface area contributed by atoms with Gasteiger partial charge in [0.25, 0.3) is 0 Å². The summed E-state index contributed by atoms with van der Waals surface area (Å²) in [5.41, 5.74) is -0.541. The zero-order valence-corrected chi connectivity index (χ0v) is 73.5. The van der Waals surface area contributed by atoms with Crippen LogP contribution in [0.5, 0.6) is 0 Å². The van der Waals surface area contributed by atoms with Gasteiger partial charge in [-0.15, -0.1) is 0 Å². The maximum absolute atomic E-state index is 11.4. The van der Waals surface area contributed by atoms with Gasteiger partial charge in [0, 0.05) is 122 Å². The average molecular weight is 1770 g/mol. The highest BCUT2D eigenvalue weighted by molar-refractivity contribution is 5.93. The van der Waals surface area contributed by atoms with Crippen molar-refractivity contribution in [3.8, 4) is 0 Å². The number of rotatable bonds is 58. The van der Waals surface area contributed by atoms with E-state index in [1.54, 1.807) is 27.7 Å². The number of esters is 12. The van der Waals surface area contributed by atoms with Crippen LogP contribution in [0, 0.1) is 0 Å². The molecule has 0 rings (SSSR count). The first kappa shape index (κ1) is 123. The summed E-state index contributed by atoms with van der Waals surface area (Å²) >= 11 is 0. The smallest absolute Gasteiger partial charge is 0.333 e. The van der Waals surface area contributed by atoms with Crippen molar-refractivity contribution < 1.29 is 143 Å². The first-order valence-corrected chi connectivity index (χ1v) is 37.8. The Morgan fingerprint density at radius 2 is 0.484 bits per heavy atom. The normalized spacial score (nSPS) is 9.81. The van der Waals surface area contributed by atoms with Crippen LogP contribution in [0.4, 0.5) is 0 Å². The lowest BCUT2D eigenvalue weighted by Gasteiger charge is -2.29. The molecule has 0 aromatic heterocycles. The molecule has 0 aliphatic rings. The van der Waals surface area contributed by atoms with Crippen molar-refractivity contribution in [3.05, 3.63) is 225 Å². The van der Waals surface area contributed by atoms with Crippen LogP contribution in [0.2, 0.25) is 0 Å². The van der Waals surface area contributed by atoms with Crippen LogP contribution in [-0.2, 0) is 143 Å². The van der Waals surface area contributed by atoms with E-state index in [1.165, 1.54) is 39.8 Å². The van der Waals surface area contributed by atoms with Gasteiger partial charge in [0.1, 0.15) is 90.4 Å². The molecule has 38 heteroatoms. The van der Waals surface area contributed by atoms with Crippen LogP contribution in [-0.4, -0.2) is 272 Å². The summed E-state index contributed by atoms with van der Waals surface area (Å²) in [4.78, 5) is 205. The lowest BCUT2D eigenvalue weighted by molar-refractivity contribution is -0.148. The molecule has 0 fully saturated rings. The molecule has 0 heterocycles. The monoisotopic (exact) mass is 1770 g/mol. The molecular weight excluding hydrogens is 1650 g/mol. The largest absolute Gasteiger partial charge is 0.461 e. The number of carbonyl (C=O) groups is 18. The van der Waals surface area contributed by atoms with Gasteiger partial charge in [-0.2, -0.15) is 0 Å². The maximum Gasteiger partial charge on any atom is 0.333 e. The Kier molecular flexibility index (Phi) is 72.5. The van der Waals surface area contributed by atoms with Gasteiger partial charge < -0.3 is 88.7 Å². The molecule has 0 unspecified atom stereocenters. The van der Waals surface area contributed by atoms with Crippen LogP contribution < -0.4 is 31.9 Å². The number of hydrogen-bond acceptors (Lipinski definition) is 32. The summed E-state index contributed by atoms with van der Waals surface area (Å²) < 4.78 is 59.0. The lowest BCUT2D eigenvalue weighted by Crippen LogP contribution is -2.53. The quantitative estimate of drug-likeness (QED) is 0.0212. The molecule has 0 radical (unpaired) electrons. The van der Waals surface area contributed by atoms with Gasteiger partial charge in [-0.05, 0) is 105 Å². The second-order valence-electron chi connectivity index (χ2n) is 26.0. The van der Waals surface area contributed by atoms with E-state index >= 15 is 0 Å². The average Bonchev–Trinajstić information content (AvgIpc) is 0.871. The SMILES string of the molecule is C=CC(=O)NC(C)(COC(=O)C(=C)C)COC(=O)C(=C)C.C=CC(=O)NC(C)(COC(=O)C=C)COC(=O)C=C.C=CC(=O)NC(COC(=O)C(=C)C)COC(=O)C(=C)C.C=CC(=O)NC(COC(=O)C=C)COC(=O)C=C.C=CC(=O)NCCCN(CCOC(=O)C(=C)C)CCOC(=O)C(=C)C.C=CC(=O)NCCCN(CCOC(=O)C=C)CCOC(=O)C=C. The van der Waals surface area contributed by atoms with E-state index in [2.05, 4.69) is 150 Å². The number of amides is 6. The van der Waals surface area contributed by atoms with Gasteiger partial charge in [-0.3, -0.25) is 38.6 Å². The predicted molar refractivity (Wildman–Crippen MR) is 468 cm³/mol. The topological polar surface area (TPSA) is 497 Å². The van der Waals surface area contributed by atoms with Crippen LogP contribution in [0.3, 0.4) is 0 Å². The molecule has 0 aliphatic carbocycles. The minimum Gasteiger partial charge on any atom is -0.461 e. The number of ether oxygens (including phenoxy) is 12. The molecule has 0 bridgehead atoms. The Bertz CT molecular complexity index is 3720. The second-order valence-corrected chi connectivity index (χ2v) is 26.0. The molecule has 0 aliphatic heterocycles. The molecule has 0 saturated heterocycles. The third-order valence-corrected chi connectivity index (χ3v) is 14.0. The molecule has 0 aromatic rings. The molecule has 0 atom stereocenters. The molecule has 38 nitrogen and oxygen atoms in total. The van der Waals surface area contributed by atoms with Crippen molar-refractivity contribution in [2.24, 2.45) is 0 Å². The Morgan fingerprint density at radius 1 is 0.270 bits per heavy atom. The molecule has 0 saturated carbocycles. The summed E-state index contributed by atoms with van der Waals surface area (Å²) in [5, 5.41) is 15.4. The maximum atomic E-state index is 11.4. The summed E-state index contributed by atoms with van der Waals surface area (Å²) in [6.07, 6.45) is 14.2. The van der Waals surface area contributed by atoms with Crippen LogP contribution in [0.25, 0.3) is 0 Å². The number of nitrogens with zero attached hydrogens (tertiary/aromatic N) is 2. The number of nitrogens with one attached hydrogen (secondary N) is 6. The Morgan fingerprint density at radius 3 is 0.730 bits per heavy atom. The van der Waals surface area contributed by atoms with Gasteiger partial charge in [0.15, 0.2) is 0 Å². The summed E-state index contributed by atoms with van der Waals surface area (Å²) in [5.74, 6) is -9.12. The van der Waals surface area contributed by atoms with Crippen LogP contribution >= 0.6 is 0 Å². The molecule has 126 heavy (non-hydrogen) atoms. The van der Waals surface area contributed by atoms with E-state index in [9.17, 15) is 86.3 Å². The summed E-state index contributed by atoms with van der Waals surface area (Å²) in [6.45, 7) is 76.5. The highest BCUT2D eigenvalue weighted by atomic mass is 16.6. The second kappa shape index (κ2) is 74.5. The van der Waals surface area contributed by atoms with Crippen molar-refractivity contribution in [2.45, 2.75) is 91.4 Å². The predicted octanol–water partition coefficient (Wildman–Crippen LogP) is 4.46. The van der Waals surface area contributed by atoms with E-state index < -0.39 is 118 Å². The van der Waals surface area contributed by atoms with E-state index in [0.717, 1.165) is 60.8 Å². The zero-order valence-electron chi connectivity index (χ0n) is 73.5. The van der Waals surface area contributed by atoms with Gasteiger partial charge in [-0.25, -0.2) is 57.5 Å². The highest BCUT2D eigenvalue weighted by Crippen LogP contribution is 2.11. The summed E-state index contributed by atoms with van der Waals surface area (Å²) in [6, 6.07) is -1.34. The molecule has 696 valence electrons. The molecular formula is C88H124N8O30. The van der Waals surface area contributed by atoms with Gasteiger partial charge in [0.2, 0.25) is 35.4 Å². The third-order valence-electron chi connectivity index (χ3n) is 14.0. The standard InChI is InChI=1S/C18H28N2O5.C16H24N2O5.C15H21NO5.C14H19NO5.C13H17NO5.C12H15NO5/c1-6-16(21)19-8-7-9-20(10-12-24-17(22)14(2)3)11-13-25-18(23)15(4)5;1-4-14(19)17-8-7-9-18(10-12-22-15(20)5-2)11-13-23-16(21)6-3;1-7-12(17)16-15(6,8-20-13(18)10(2)3)9-21-14(19)11(4)5;1-6-12(16)15-11(7-19-13(17)9(2)3)8-20-14(18)10(4)5;1-5-10(15)14-13(4,8-18-11(16)6-2)9-19-12(17)7-3;1-4-10(14)13-9(7-17-11(15)5-2)8-18-12(16)6-3/h6H,1-2,4,7-13H2,3,5H3,(H,19,21);4-6H,1-3,7-13H2,(H,17,19);7H,1-2,4,8-9H2,3,5-6H3,(H,16,17);6,11H,1-2,4,7-8H2,3,5H3,(H,15,16);5-7H,1-3,8-9H2,4H3,(H,14,15);4-6,9H,1-3,7-8H2,(H,13,14). The first-order chi connectivity index (χ1) is 59.1. The van der Waals surface area contributed by atoms with Crippen LogP contribution in [0.15, 0.2) is 225 Å². The lowest BCUT2D eigenvalue weighted by atomic mass is 10.1. The van der Waals surface area contributed by atoms with Crippen molar-refractivity contribution in [1.82, 2.24) is 41.7 Å². The molecule has 6 N–H and O–H groups in total. The minimum absolute atomic E-state index is 0.144. The van der Waals surface area contributed by atoms with Crippen molar-refractivity contribution in [1.29, 1.82) is 0 Å². The number of hydrogen-bond donors (Lipinski definition) is 6. The van der Waals surface area contributed by atoms with Gasteiger partial charge in [0.05, 0.1) is 12.1 Å². The van der Waals surface area contributed by atoms with Crippen LogP contribution in [0.1, 0.15) is 68.2 Å². The fourth-order valence-electron chi connectivity index (χ4n) is 7.36. The zero-order chi connectivity index (χ0) is 97.9. The molecule has 0 aromatic carbocycles. The van der Waals surface area contributed by atoms with Crippen molar-refractivity contribution in [2.75, 3.05) is 132 Å². The van der Waals surface area contributed by atoms with Crippen molar-refractivity contribution >= 4 is 107 Å². The Balaban J connectivity index is -0.000000344. The van der Waals surface area contributed by atoms with E-state index in [-0.39, 0.29) is 113 Å².